The fourth-order valence-electron chi connectivity index (χ4n) is 6.65. The summed E-state index contributed by atoms with van der Waals surface area (Å²) in [6, 6.07) is 33.6. The zero-order valence-corrected chi connectivity index (χ0v) is 28.1. The molecule has 7 aromatic rings. The van der Waals surface area contributed by atoms with Crippen LogP contribution in [0.15, 0.2) is 103 Å². The molecule has 0 spiro atoms. The number of aromatic nitrogens is 4. The first-order valence-electron chi connectivity index (χ1n) is 16.1. The van der Waals surface area contributed by atoms with Crippen molar-refractivity contribution in [2.75, 3.05) is 7.11 Å². The van der Waals surface area contributed by atoms with Crippen molar-refractivity contribution in [1.82, 2.24) is 19.3 Å². The van der Waals surface area contributed by atoms with Crippen LogP contribution in [0.2, 0.25) is 0 Å². The first-order valence-corrected chi connectivity index (χ1v) is 16.1. The first-order chi connectivity index (χ1) is 22.6. The van der Waals surface area contributed by atoms with E-state index in [1.807, 2.05) is 30.5 Å². The van der Waals surface area contributed by atoms with Gasteiger partial charge in [-0.2, -0.15) is 5.10 Å². The van der Waals surface area contributed by atoms with Crippen LogP contribution in [0.3, 0.4) is 0 Å². The highest BCUT2D eigenvalue weighted by Gasteiger charge is 2.19. The maximum absolute atomic E-state index is 6.72. The standard InChI is InChI=1S/C41H40N4O2/c1-26-17-18-42-39(19-26)44-37-16-14-32(46-7)23-36(37)35-15-13-33(24-38(35)44)47-34-21-29(25-41(4,5)6)20-31(22-34)45-28(3)40(27(2)43-45)30-11-9-8-10-12-30/h8-24H,25H2,1-7H3. The summed E-state index contributed by atoms with van der Waals surface area (Å²) in [5.41, 5.74) is 9.92. The third-order valence-electron chi connectivity index (χ3n) is 8.59. The van der Waals surface area contributed by atoms with E-state index in [9.17, 15) is 0 Å². The van der Waals surface area contributed by atoms with Crippen LogP contribution in [-0.2, 0) is 6.42 Å². The Morgan fingerprint density at radius 1 is 0.723 bits per heavy atom. The van der Waals surface area contributed by atoms with Crippen LogP contribution in [0.5, 0.6) is 17.2 Å². The lowest BCUT2D eigenvalue weighted by molar-refractivity contribution is 0.409. The predicted octanol–water partition coefficient (Wildman–Crippen LogP) is 10.3. The van der Waals surface area contributed by atoms with Crippen LogP contribution in [0.4, 0.5) is 0 Å². The minimum Gasteiger partial charge on any atom is -0.497 e. The molecule has 47 heavy (non-hydrogen) atoms. The fourth-order valence-corrected chi connectivity index (χ4v) is 6.65. The van der Waals surface area contributed by atoms with Crippen LogP contribution >= 0.6 is 0 Å². The van der Waals surface area contributed by atoms with Crippen LogP contribution in [0.1, 0.15) is 43.3 Å². The van der Waals surface area contributed by atoms with Gasteiger partial charge in [0.1, 0.15) is 23.1 Å². The summed E-state index contributed by atoms with van der Waals surface area (Å²) in [5, 5.41) is 7.22. The lowest BCUT2D eigenvalue weighted by Gasteiger charge is -2.20. The summed E-state index contributed by atoms with van der Waals surface area (Å²) in [5.74, 6) is 3.20. The zero-order valence-electron chi connectivity index (χ0n) is 28.1. The quantitative estimate of drug-likeness (QED) is 0.178. The normalized spacial score (nSPS) is 11.8. The van der Waals surface area contributed by atoms with Crippen molar-refractivity contribution >= 4 is 21.8 Å². The molecule has 4 aromatic carbocycles. The average Bonchev–Trinajstić information content (AvgIpc) is 3.52. The molecule has 0 unspecified atom stereocenters. The zero-order chi connectivity index (χ0) is 32.9. The van der Waals surface area contributed by atoms with E-state index in [1.165, 1.54) is 11.1 Å². The Labute approximate surface area is 276 Å². The van der Waals surface area contributed by atoms with Gasteiger partial charge in [0.05, 0.1) is 29.5 Å². The number of pyridine rings is 1. The molecule has 0 aliphatic carbocycles. The summed E-state index contributed by atoms with van der Waals surface area (Å²) in [4.78, 5) is 4.75. The Kier molecular flexibility index (Phi) is 7.59. The Bertz CT molecular complexity index is 2250. The number of hydrogen-bond donors (Lipinski definition) is 0. The van der Waals surface area contributed by atoms with Gasteiger partial charge < -0.3 is 9.47 Å². The van der Waals surface area contributed by atoms with Crippen LogP contribution in [0.25, 0.3) is 44.4 Å². The van der Waals surface area contributed by atoms with Gasteiger partial charge in [-0.1, -0.05) is 51.1 Å². The van der Waals surface area contributed by atoms with Crippen molar-refractivity contribution in [2.24, 2.45) is 5.41 Å². The molecule has 0 atom stereocenters. The van der Waals surface area contributed by atoms with E-state index in [4.69, 9.17) is 19.6 Å². The van der Waals surface area contributed by atoms with Gasteiger partial charge in [0, 0.05) is 40.4 Å². The average molecular weight is 621 g/mol. The van der Waals surface area contributed by atoms with Crippen LogP contribution in [0, 0.1) is 26.2 Å². The molecule has 0 saturated heterocycles. The smallest absolute Gasteiger partial charge is 0.137 e. The number of hydrogen-bond acceptors (Lipinski definition) is 4. The maximum Gasteiger partial charge on any atom is 0.137 e. The van der Waals surface area contributed by atoms with E-state index in [0.717, 1.165) is 79.5 Å². The Hall–Kier alpha value is -5.36. The molecule has 0 aliphatic heterocycles. The predicted molar refractivity (Wildman–Crippen MR) is 192 cm³/mol. The Balaban J connectivity index is 1.36. The van der Waals surface area contributed by atoms with Gasteiger partial charge in [0.15, 0.2) is 0 Å². The molecular formula is C41H40N4O2. The van der Waals surface area contributed by atoms with Crippen molar-refractivity contribution in [3.63, 3.8) is 0 Å². The lowest BCUT2D eigenvalue weighted by Crippen LogP contribution is -2.10. The van der Waals surface area contributed by atoms with Gasteiger partial charge in [0.2, 0.25) is 0 Å². The van der Waals surface area contributed by atoms with Gasteiger partial charge in [-0.15, -0.1) is 0 Å². The molecule has 3 aromatic heterocycles. The molecule has 0 aliphatic rings. The number of methoxy groups -OCH3 is 1. The Morgan fingerprint density at radius 2 is 1.51 bits per heavy atom. The highest BCUT2D eigenvalue weighted by Crippen LogP contribution is 2.38. The van der Waals surface area contributed by atoms with Crippen molar-refractivity contribution in [1.29, 1.82) is 0 Å². The highest BCUT2D eigenvalue weighted by molar-refractivity contribution is 6.10. The van der Waals surface area contributed by atoms with E-state index >= 15 is 0 Å². The molecule has 236 valence electrons. The molecule has 6 nitrogen and oxygen atoms in total. The maximum atomic E-state index is 6.72. The van der Waals surface area contributed by atoms with Crippen LogP contribution < -0.4 is 9.47 Å². The highest BCUT2D eigenvalue weighted by atomic mass is 16.5. The molecular weight excluding hydrogens is 580 g/mol. The number of fused-ring (bicyclic) bond motifs is 3. The second-order valence-electron chi connectivity index (χ2n) is 13.6. The third-order valence-corrected chi connectivity index (χ3v) is 8.59. The minimum atomic E-state index is 0.0991. The van der Waals surface area contributed by atoms with Crippen molar-refractivity contribution in [3.8, 4) is 39.9 Å². The van der Waals surface area contributed by atoms with Gasteiger partial charge in [-0.25, -0.2) is 9.67 Å². The molecule has 0 amide bonds. The fraction of sp³-hybridized carbons (Fsp3) is 0.220. The first kappa shape index (κ1) is 30.3. The minimum absolute atomic E-state index is 0.0991. The number of rotatable bonds is 7. The summed E-state index contributed by atoms with van der Waals surface area (Å²) < 4.78 is 16.6. The summed E-state index contributed by atoms with van der Waals surface area (Å²) in [7, 11) is 1.70. The van der Waals surface area contributed by atoms with E-state index in [2.05, 4.69) is 124 Å². The van der Waals surface area contributed by atoms with Gasteiger partial charge >= 0.3 is 0 Å². The van der Waals surface area contributed by atoms with E-state index in [-0.39, 0.29) is 5.41 Å². The molecule has 0 saturated carbocycles. The SMILES string of the molecule is COc1ccc2c(c1)c1ccc(Oc3cc(CC(C)(C)C)cc(-n4nc(C)c(-c5ccccc5)c4C)c3)cc1n2-c1cc(C)ccn1. The van der Waals surface area contributed by atoms with E-state index < -0.39 is 0 Å². The van der Waals surface area contributed by atoms with Gasteiger partial charge in [-0.05, 0) is 104 Å². The van der Waals surface area contributed by atoms with Crippen molar-refractivity contribution in [3.05, 3.63) is 126 Å². The summed E-state index contributed by atoms with van der Waals surface area (Å²) in [6.07, 6.45) is 2.76. The largest absolute Gasteiger partial charge is 0.497 e. The third kappa shape index (κ3) is 5.87. The monoisotopic (exact) mass is 620 g/mol. The van der Waals surface area contributed by atoms with E-state index in [0.29, 0.717) is 0 Å². The second-order valence-corrected chi connectivity index (χ2v) is 13.6. The number of benzene rings is 4. The molecule has 7 rings (SSSR count). The number of nitrogens with zero attached hydrogens (tertiary/aromatic N) is 4. The molecule has 0 radical (unpaired) electrons. The lowest BCUT2D eigenvalue weighted by atomic mass is 9.88. The topological polar surface area (TPSA) is 54.1 Å². The molecule has 3 heterocycles. The summed E-state index contributed by atoms with van der Waals surface area (Å²) >= 11 is 0. The second kappa shape index (κ2) is 11.8. The number of aryl methyl sites for hydroxylation is 2. The molecule has 0 fully saturated rings. The van der Waals surface area contributed by atoms with E-state index in [1.54, 1.807) is 7.11 Å². The van der Waals surface area contributed by atoms with Crippen molar-refractivity contribution in [2.45, 2.75) is 48.0 Å². The summed E-state index contributed by atoms with van der Waals surface area (Å²) in [6.45, 7) is 13.1. The van der Waals surface area contributed by atoms with Crippen LogP contribution in [-0.4, -0.2) is 26.4 Å². The van der Waals surface area contributed by atoms with Gasteiger partial charge in [-0.3, -0.25) is 4.57 Å². The van der Waals surface area contributed by atoms with Crippen molar-refractivity contribution < 1.29 is 9.47 Å². The molecule has 0 bridgehead atoms. The molecule has 0 N–H and O–H groups in total. The van der Waals surface area contributed by atoms with Gasteiger partial charge in [0.25, 0.3) is 0 Å². The molecule has 6 heteroatoms. The number of ether oxygens (including phenoxy) is 2. The Morgan fingerprint density at radius 3 is 2.26 bits per heavy atom.